The Balaban J connectivity index is -0.000000495. The standard InChI is InChI=1S/C17H16FN2O3.C15H12FN2O3.C12H20F2O4Si.C10H11N2.Li.4H2O.3Rb/c1-4-23-17(22)12-8-20-10(3)7-11-6-5-9(2)19-14(11)15(20)13(18)16(12)21;1-7-3-4-9-5-8(2)18-6-10(15(20)21)14(19)11(16)13(18)12(9)17-7;1-6-16-8-9(12(15)17-7-2)10(11(13)14)18-19(3,4)5;1-7-3-4-9-5-8(2)11-6-10(9)12-7;;;;;;;;/h6,8,10H,4,7H2,1-3H3;4,6,8H,5H2,1-2H3,(H,20,21);8H,6-7H2,1-5H3;4,6,8H,5H2,1-2H3;;4*1H2;;;/q2*-1;;-1;+1;;;;;3*+1/p-4/b;;9-8-;;;;;;;;;/t10-;8-;;8-;;;;;;;;/m11.1......../s1. The first kappa shape index (κ1) is 87.7. The van der Waals surface area contributed by atoms with Crippen molar-refractivity contribution in [2.75, 3.05) is 19.8 Å². The van der Waals surface area contributed by atoms with E-state index in [2.05, 4.69) is 45.1 Å². The number of ether oxygens (including phenoxy) is 3. The summed E-state index contributed by atoms with van der Waals surface area (Å²) >= 11 is 0. The van der Waals surface area contributed by atoms with Gasteiger partial charge in [-0.3, -0.25) is 29.5 Å². The largest absolute Gasteiger partial charge is 1.00 e. The zero-order valence-corrected chi connectivity index (χ0v) is 65.4. The van der Waals surface area contributed by atoms with E-state index in [1.807, 2.05) is 33.1 Å². The Kier molecular flexibility index (Phi) is 42.3. The molecule has 5 N–H and O–H groups in total. The van der Waals surface area contributed by atoms with Crippen LogP contribution in [0.1, 0.15) is 114 Å². The van der Waals surface area contributed by atoms with Crippen LogP contribution in [0.4, 0.5) is 17.6 Å². The summed E-state index contributed by atoms with van der Waals surface area (Å²) in [6.45, 7) is 21.8. The molecule has 3 aliphatic heterocycles. The first-order valence-electron chi connectivity index (χ1n) is 24.0. The zero-order chi connectivity index (χ0) is 55.6. The van der Waals surface area contributed by atoms with E-state index in [-0.39, 0.29) is 264 Å². The predicted octanol–water partition coefficient (Wildman–Crippen LogP) is -3.28. The molecule has 0 saturated heterocycles. The van der Waals surface area contributed by atoms with Gasteiger partial charge in [-0.05, 0) is 82.0 Å². The molecular formula is C54H63F4LiN6O14Rb3Si-3. The zero-order valence-electron chi connectivity index (χ0n) is 49.6. The number of fused-ring (bicyclic) bond motifs is 7. The van der Waals surface area contributed by atoms with E-state index in [4.69, 9.17) is 23.7 Å². The third-order valence-corrected chi connectivity index (χ3v) is 12.1. The molecule has 0 spiro atoms. The maximum absolute atomic E-state index is 14.7. The van der Waals surface area contributed by atoms with Crippen molar-refractivity contribution in [2.45, 2.75) is 119 Å². The topological polar surface area (TPSA) is 323 Å². The van der Waals surface area contributed by atoms with E-state index in [0.29, 0.717) is 41.7 Å². The number of carbonyl (C=O) groups excluding carboxylic acids is 2. The minimum atomic E-state index is -2.30. The molecule has 0 radical (unpaired) electrons. The number of nitrogens with zero attached hydrogens (tertiary/aromatic N) is 6. The maximum atomic E-state index is 14.7. The van der Waals surface area contributed by atoms with Crippen molar-refractivity contribution in [1.29, 1.82) is 0 Å². The quantitative estimate of drug-likeness (QED) is 0.0273. The third-order valence-electron chi connectivity index (χ3n) is 11.3. The van der Waals surface area contributed by atoms with Gasteiger partial charge in [0, 0.05) is 53.8 Å². The summed E-state index contributed by atoms with van der Waals surface area (Å²) in [5.41, 5.74) is 3.74. The van der Waals surface area contributed by atoms with Gasteiger partial charge in [-0.2, -0.15) is 25.5 Å². The average molecular weight is 1390 g/mol. The number of hydrogen-bond donors (Lipinski definition) is 1. The van der Waals surface area contributed by atoms with Crippen LogP contribution in [-0.2, 0) is 42.7 Å². The molecule has 0 unspecified atom stereocenters. The van der Waals surface area contributed by atoms with Crippen LogP contribution in [0.5, 0.6) is 0 Å². The van der Waals surface area contributed by atoms with E-state index in [9.17, 15) is 41.5 Å². The Labute approximate surface area is 639 Å². The van der Waals surface area contributed by atoms with Gasteiger partial charge in [-0.25, -0.2) is 59.6 Å². The van der Waals surface area contributed by atoms with Crippen LogP contribution in [0, 0.1) is 50.6 Å². The summed E-state index contributed by atoms with van der Waals surface area (Å²) < 4.78 is 77.9. The van der Waals surface area contributed by atoms with Gasteiger partial charge in [0.25, 0.3) is 0 Å². The number of rotatable bonds is 10. The fourth-order valence-electron chi connectivity index (χ4n) is 7.94. The molecule has 432 valence electrons. The minimum Gasteiger partial charge on any atom is -0.870 e. The molecule has 5 aromatic heterocycles. The second kappa shape index (κ2) is 40.0. The van der Waals surface area contributed by atoms with Gasteiger partial charge in [0.15, 0.2) is 17.4 Å². The molecule has 0 fully saturated rings. The smallest absolute Gasteiger partial charge is 0.870 e. The Hall–Kier alpha value is -1.70. The number of halogens is 4. The van der Waals surface area contributed by atoms with Gasteiger partial charge in [0.2, 0.25) is 19.2 Å². The summed E-state index contributed by atoms with van der Waals surface area (Å²) in [6, 6.07) is 14.7. The number of carboxylic acids is 1. The van der Waals surface area contributed by atoms with E-state index < -0.39 is 71.7 Å². The molecule has 5 aromatic rings. The second-order valence-electron chi connectivity index (χ2n) is 18.5. The summed E-state index contributed by atoms with van der Waals surface area (Å²) in [4.78, 5) is 76.0. The van der Waals surface area contributed by atoms with Crippen molar-refractivity contribution in [3.05, 3.63) is 155 Å². The van der Waals surface area contributed by atoms with Crippen LogP contribution in [0.25, 0.3) is 22.8 Å². The SMILES string of the molecule is CCO/C=C(\C(=O)OCC)C(O[Si](C)(C)C)=C(F)F.CCOC(=O)c1cn2c(c(F)c1=O)-c1nc(C)[c-]cc1C[C@H]2C.Cc1[c-]cc2c(n1)-c1c(F)c(=O)c(C(=O)O)cn1[C@H](C)C2.Cc1[c-]cc2c(n1)C=N[C@H](C)C2.[Li+].[OH-].[OH-].[OH-].[OH-].[Rb+].[Rb+].[Rb+]. The molecule has 3 atom stereocenters. The first-order valence-corrected chi connectivity index (χ1v) is 27.4. The molecule has 0 amide bonds. The van der Waals surface area contributed by atoms with Gasteiger partial charge in [-0.15, -0.1) is 0 Å². The van der Waals surface area contributed by atoms with Crippen LogP contribution in [0.3, 0.4) is 0 Å². The Morgan fingerprint density at radius 1 is 0.699 bits per heavy atom. The van der Waals surface area contributed by atoms with Gasteiger partial charge < -0.3 is 54.8 Å². The van der Waals surface area contributed by atoms with Crippen LogP contribution >= 0.6 is 0 Å². The molecule has 0 aliphatic carbocycles. The molecule has 0 saturated carbocycles. The Morgan fingerprint density at radius 2 is 1.13 bits per heavy atom. The van der Waals surface area contributed by atoms with Crippen LogP contribution in [0.15, 0.2) is 68.8 Å². The average Bonchev–Trinajstić information content (AvgIpc) is 3.34. The molecule has 8 rings (SSSR count). The van der Waals surface area contributed by atoms with E-state index in [1.165, 1.54) is 22.5 Å². The third kappa shape index (κ3) is 23.3. The van der Waals surface area contributed by atoms with Crippen LogP contribution in [0.2, 0.25) is 19.6 Å². The van der Waals surface area contributed by atoms with Crippen molar-refractivity contribution >= 4 is 32.4 Å². The number of carbonyl (C=O) groups is 3. The second-order valence-corrected chi connectivity index (χ2v) is 22.9. The summed E-state index contributed by atoms with van der Waals surface area (Å²) in [5, 5.41) is 9.02. The van der Waals surface area contributed by atoms with E-state index >= 15 is 0 Å². The monoisotopic (exact) mass is 1390 g/mol. The Bertz CT molecular complexity index is 3240. The van der Waals surface area contributed by atoms with Gasteiger partial charge in [-0.1, -0.05) is 36.3 Å². The Morgan fingerprint density at radius 3 is 1.55 bits per heavy atom. The van der Waals surface area contributed by atoms with Crippen molar-refractivity contribution < 1.29 is 271 Å². The number of aromatic carboxylic acids is 1. The molecule has 83 heavy (non-hydrogen) atoms. The molecular weight excluding hydrogens is 1320 g/mol. The summed E-state index contributed by atoms with van der Waals surface area (Å²) in [6.07, 6.45) is 5.52. The van der Waals surface area contributed by atoms with E-state index in [0.717, 1.165) is 35.2 Å². The van der Waals surface area contributed by atoms with Gasteiger partial charge >= 0.3 is 217 Å². The predicted molar refractivity (Wildman–Crippen MR) is 281 cm³/mol. The van der Waals surface area contributed by atoms with Crippen molar-refractivity contribution in [1.82, 2.24) is 24.1 Å². The number of aliphatic imine (C=N–C) groups is 1. The van der Waals surface area contributed by atoms with Crippen molar-refractivity contribution in [3.63, 3.8) is 0 Å². The number of carboxylic acid groups (broad SMARTS) is 1. The first-order chi connectivity index (χ1) is 35.3. The fourth-order valence-corrected chi connectivity index (χ4v) is 8.74. The minimum absolute atomic E-state index is 0. The normalized spacial score (nSPS) is 14.2. The maximum Gasteiger partial charge on any atom is 1.00 e. The molecule has 0 aromatic carbocycles. The number of esters is 2. The summed E-state index contributed by atoms with van der Waals surface area (Å²) in [7, 11) is -2.30. The van der Waals surface area contributed by atoms with Crippen molar-refractivity contribution in [3.8, 4) is 22.8 Å². The van der Waals surface area contributed by atoms with Gasteiger partial charge in [0.05, 0.1) is 31.2 Å². The summed E-state index contributed by atoms with van der Waals surface area (Å²) in [5.74, 6) is -5.93. The number of hydrogen-bond acceptors (Lipinski definition) is 17. The number of aryl methyl sites for hydroxylation is 3. The fraction of sp³-hybridized carbons (Fsp3) is 0.389. The van der Waals surface area contributed by atoms with Crippen molar-refractivity contribution in [2.24, 2.45) is 4.99 Å². The van der Waals surface area contributed by atoms with E-state index in [1.54, 1.807) is 71.0 Å². The molecule has 3 aliphatic rings. The molecule has 20 nitrogen and oxygen atoms in total. The molecule has 0 bridgehead atoms. The molecule has 8 heterocycles. The van der Waals surface area contributed by atoms with Gasteiger partial charge in [0.1, 0.15) is 23.0 Å². The molecule has 29 heteroatoms. The van der Waals surface area contributed by atoms with Crippen LogP contribution in [-0.4, -0.2) is 109 Å². The number of pyridine rings is 5. The van der Waals surface area contributed by atoms with Crippen LogP contribution < -0.4 is 204 Å². The number of aromatic nitrogens is 5.